The number of benzene rings is 1. The number of hydrogen-bond acceptors (Lipinski definition) is 2. The standard InChI is InChI=1S/C17H25N3/c1-5-11-18-12-13(2)17-14(3)19-20(15(17)4)16-9-7-6-8-10-16/h6-10,13,18H,5,11-12H2,1-4H3. The molecule has 3 heteroatoms. The molecule has 108 valence electrons. The van der Waals surface area contributed by atoms with Crippen LogP contribution in [0, 0.1) is 13.8 Å². The molecule has 0 saturated carbocycles. The Hall–Kier alpha value is -1.61. The number of aryl methyl sites for hydroxylation is 1. The average Bonchev–Trinajstić information content (AvgIpc) is 2.75. The first kappa shape index (κ1) is 14.8. The van der Waals surface area contributed by atoms with Crippen LogP contribution in [-0.2, 0) is 0 Å². The Morgan fingerprint density at radius 2 is 1.90 bits per heavy atom. The van der Waals surface area contributed by atoms with Gasteiger partial charge in [-0.3, -0.25) is 0 Å². The number of nitrogens with one attached hydrogen (secondary N) is 1. The maximum Gasteiger partial charge on any atom is 0.0648 e. The molecule has 0 bridgehead atoms. The summed E-state index contributed by atoms with van der Waals surface area (Å²) in [5, 5.41) is 8.22. The molecule has 1 N–H and O–H groups in total. The maximum atomic E-state index is 4.72. The summed E-state index contributed by atoms with van der Waals surface area (Å²) in [6.45, 7) is 10.8. The van der Waals surface area contributed by atoms with Crippen LogP contribution < -0.4 is 5.32 Å². The van der Waals surface area contributed by atoms with Crippen molar-refractivity contribution in [3.8, 4) is 5.69 Å². The number of hydrogen-bond donors (Lipinski definition) is 1. The normalized spacial score (nSPS) is 12.6. The number of rotatable bonds is 6. The largest absolute Gasteiger partial charge is 0.316 e. The van der Waals surface area contributed by atoms with Crippen LogP contribution in [0.15, 0.2) is 30.3 Å². The van der Waals surface area contributed by atoms with Crippen LogP contribution in [0.25, 0.3) is 5.69 Å². The second-order valence-corrected chi connectivity index (χ2v) is 5.44. The van der Waals surface area contributed by atoms with Gasteiger partial charge in [0.15, 0.2) is 0 Å². The third kappa shape index (κ3) is 3.10. The fourth-order valence-electron chi connectivity index (χ4n) is 2.79. The van der Waals surface area contributed by atoms with Gasteiger partial charge in [-0.1, -0.05) is 32.0 Å². The van der Waals surface area contributed by atoms with Crippen molar-refractivity contribution in [1.29, 1.82) is 0 Å². The highest BCUT2D eigenvalue weighted by Crippen LogP contribution is 2.24. The molecule has 1 aromatic heterocycles. The van der Waals surface area contributed by atoms with Crippen LogP contribution >= 0.6 is 0 Å². The van der Waals surface area contributed by atoms with Gasteiger partial charge in [0.05, 0.1) is 11.4 Å². The molecule has 0 fully saturated rings. The van der Waals surface area contributed by atoms with Gasteiger partial charge in [-0.15, -0.1) is 0 Å². The average molecular weight is 271 g/mol. The molecule has 1 atom stereocenters. The summed E-state index contributed by atoms with van der Waals surface area (Å²) < 4.78 is 2.06. The second-order valence-electron chi connectivity index (χ2n) is 5.44. The number of aromatic nitrogens is 2. The topological polar surface area (TPSA) is 29.9 Å². The lowest BCUT2D eigenvalue weighted by Gasteiger charge is -2.13. The SMILES string of the molecule is CCCNCC(C)c1c(C)nn(-c2ccccc2)c1C. The van der Waals surface area contributed by atoms with Crippen LogP contribution in [0.2, 0.25) is 0 Å². The van der Waals surface area contributed by atoms with Crippen molar-refractivity contribution in [2.45, 2.75) is 40.0 Å². The van der Waals surface area contributed by atoms with Gasteiger partial charge < -0.3 is 5.32 Å². The first-order chi connectivity index (χ1) is 9.65. The first-order valence-electron chi connectivity index (χ1n) is 7.47. The zero-order chi connectivity index (χ0) is 14.5. The molecule has 0 spiro atoms. The molecule has 0 aliphatic rings. The molecule has 0 saturated heterocycles. The van der Waals surface area contributed by atoms with Gasteiger partial charge in [-0.2, -0.15) is 5.10 Å². The lowest BCUT2D eigenvalue weighted by molar-refractivity contribution is 0.605. The molecule has 0 radical (unpaired) electrons. The Kier molecular flexibility index (Phi) is 4.96. The molecular weight excluding hydrogens is 246 g/mol. The Morgan fingerprint density at radius 1 is 1.20 bits per heavy atom. The van der Waals surface area contributed by atoms with E-state index in [-0.39, 0.29) is 0 Å². The predicted octanol–water partition coefficient (Wildman–Crippen LogP) is 3.59. The van der Waals surface area contributed by atoms with Crippen molar-refractivity contribution in [2.24, 2.45) is 0 Å². The van der Waals surface area contributed by atoms with Crippen molar-refractivity contribution in [3.05, 3.63) is 47.3 Å². The van der Waals surface area contributed by atoms with Crippen molar-refractivity contribution in [2.75, 3.05) is 13.1 Å². The summed E-state index contributed by atoms with van der Waals surface area (Å²) in [5.41, 5.74) is 4.89. The Morgan fingerprint density at radius 3 is 2.55 bits per heavy atom. The summed E-state index contributed by atoms with van der Waals surface area (Å²) in [4.78, 5) is 0. The molecule has 1 aromatic carbocycles. The predicted molar refractivity (Wildman–Crippen MR) is 84.6 cm³/mol. The molecule has 0 amide bonds. The van der Waals surface area contributed by atoms with Crippen LogP contribution in [0.1, 0.15) is 43.1 Å². The summed E-state index contributed by atoms with van der Waals surface area (Å²) in [6, 6.07) is 10.3. The van der Waals surface area contributed by atoms with Gasteiger partial charge in [0.2, 0.25) is 0 Å². The van der Waals surface area contributed by atoms with E-state index in [1.54, 1.807) is 0 Å². The minimum Gasteiger partial charge on any atom is -0.316 e. The fourth-order valence-corrected chi connectivity index (χ4v) is 2.79. The van der Waals surface area contributed by atoms with Gasteiger partial charge in [0.25, 0.3) is 0 Å². The molecule has 2 aromatic rings. The van der Waals surface area contributed by atoms with Gasteiger partial charge in [-0.25, -0.2) is 4.68 Å². The van der Waals surface area contributed by atoms with E-state index in [0.717, 1.165) is 24.5 Å². The monoisotopic (exact) mass is 271 g/mol. The van der Waals surface area contributed by atoms with E-state index in [1.807, 2.05) is 6.07 Å². The number of nitrogens with zero attached hydrogens (tertiary/aromatic N) is 2. The van der Waals surface area contributed by atoms with Gasteiger partial charge >= 0.3 is 0 Å². The third-order valence-corrected chi connectivity index (χ3v) is 3.72. The summed E-state index contributed by atoms with van der Waals surface area (Å²) in [7, 11) is 0. The fraction of sp³-hybridized carbons (Fsp3) is 0.471. The molecule has 3 nitrogen and oxygen atoms in total. The molecule has 1 unspecified atom stereocenters. The lowest BCUT2D eigenvalue weighted by Crippen LogP contribution is -2.21. The molecule has 0 aliphatic heterocycles. The minimum absolute atomic E-state index is 0.485. The molecule has 2 rings (SSSR count). The van der Waals surface area contributed by atoms with Crippen molar-refractivity contribution in [3.63, 3.8) is 0 Å². The van der Waals surface area contributed by atoms with Crippen LogP contribution in [-0.4, -0.2) is 22.9 Å². The highest BCUT2D eigenvalue weighted by molar-refractivity contribution is 5.38. The zero-order valence-corrected chi connectivity index (χ0v) is 13.0. The van der Waals surface area contributed by atoms with Gasteiger partial charge in [-0.05, 0) is 44.9 Å². The Labute approximate surface area is 122 Å². The highest BCUT2D eigenvalue weighted by Gasteiger charge is 2.17. The van der Waals surface area contributed by atoms with E-state index < -0.39 is 0 Å². The van der Waals surface area contributed by atoms with Crippen molar-refractivity contribution >= 4 is 0 Å². The van der Waals surface area contributed by atoms with Crippen molar-refractivity contribution < 1.29 is 0 Å². The summed E-state index contributed by atoms with van der Waals surface area (Å²) in [5.74, 6) is 0.485. The van der Waals surface area contributed by atoms with Crippen LogP contribution in [0.4, 0.5) is 0 Å². The lowest BCUT2D eigenvalue weighted by atomic mass is 9.99. The van der Waals surface area contributed by atoms with Crippen LogP contribution in [0.3, 0.4) is 0 Å². The van der Waals surface area contributed by atoms with E-state index in [1.165, 1.54) is 17.7 Å². The van der Waals surface area contributed by atoms with E-state index >= 15 is 0 Å². The van der Waals surface area contributed by atoms with Gasteiger partial charge in [0.1, 0.15) is 0 Å². The minimum atomic E-state index is 0.485. The first-order valence-corrected chi connectivity index (χ1v) is 7.47. The van der Waals surface area contributed by atoms with Gasteiger partial charge in [0, 0.05) is 17.8 Å². The molecular formula is C17H25N3. The highest BCUT2D eigenvalue weighted by atomic mass is 15.3. The zero-order valence-electron chi connectivity index (χ0n) is 13.0. The smallest absolute Gasteiger partial charge is 0.0648 e. The van der Waals surface area contributed by atoms with E-state index in [0.29, 0.717) is 5.92 Å². The van der Waals surface area contributed by atoms with E-state index in [2.05, 4.69) is 62.0 Å². The quantitative estimate of drug-likeness (QED) is 0.814. The maximum absolute atomic E-state index is 4.72. The Bertz CT molecular complexity index is 543. The Balaban J connectivity index is 2.25. The van der Waals surface area contributed by atoms with E-state index in [9.17, 15) is 0 Å². The molecule has 20 heavy (non-hydrogen) atoms. The van der Waals surface area contributed by atoms with Crippen molar-refractivity contribution in [1.82, 2.24) is 15.1 Å². The summed E-state index contributed by atoms with van der Waals surface area (Å²) >= 11 is 0. The third-order valence-electron chi connectivity index (χ3n) is 3.72. The summed E-state index contributed by atoms with van der Waals surface area (Å²) in [6.07, 6.45) is 1.17. The van der Waals surface area contributed by atoms with E-state index in [4.69, 9.17) is 5.10 Å². The number of para-hydroxylation sites is 1. The molecule has 0 aliphatic carbocycles. The second kappa shape index (κ2) is 6.71. The van der Waals surface area contributed by atoms with Crippen LogP contribution in [0.5, 0.6) is 0 Å². The molecule has 1 heterocycles.